The van der Waals surface area contributed by atoms with Crippen LogP contribution in [0.3, 0.4) is 0 Å². The lowest BCUT2D eigenvalue weighted by molar-refractivity contribution is -0.137. The molecule has 2 N–H and O–H groups in total. The first kappa shape index (κ1) is 17.5. The Balaban J connectivity index is 2.87. The highest BCUT2D eigenvalue weighted by Crippen LogP contribution is 2.31. The summed E-state index contributed by atoms with van der Waals surface area (Å²) in [7, 11) is 0. The molecule has 21 heavy (non-hydrogen) atoms. The maximum absolute atomic E-state index is 12.8. The normalized spacial score (nSPS) is 16.1. The number of hydrogen-bond acceptors (Lipinski definition) is 2. The Hall–Kier alpha value is -1.56. The SMILES string of the molecule is CCC(C)C(C)(O)CNC(=O)c1ccccc1C(F)(F)F. The van der Waals surface area contributed by atoms with E-state index in [4.69, 9.17) is 0 Å². The van der Waals surface area contributed by atoms with Crippen LogP contribution in [0, 0.1) is 5.92 Å². The van der Waals surface area contributed by atoms with E-state index in [1.54, 1.807) is 6.92 Å². The van der Waals surface area contributed by atoms with E-state index in [2.05, 4.69) is 5.32 Å². The quantitative estimate of drug-likeness (QED) is 0.877. The van der Waals surface area contributed by atoms with Crippen molar-refractivity contribution in [3.05, 3.63) is 35.4 Å². The maximum Gasteiger partial charge on any atom is 0.417 e. The lowest BCUT2D eigenvalue weighted by Gasteiger charge is -2.30. The van der Waals surface area contributed by atoms with E-state index in [0.29, 0.717) is 6.42 Å². The number of carbonyl (C=O) groups excluding carboxylic acids is 1. The molecule has 1 aromatic rings. The Morgan fingerprint density at radius 3 is 2.43 bits per heavy atom. The van der Waals surface area contributed by atoms with Crippen LogP contribution in [-0.4, -0.2) is 23.2 Å². The zero-order valence-corrected chi connectivity index (χ0v) is 12.3. The summed E-state index contributed by atoms with van der Waals surface area (Å²) in [5, 5.41) is 12.5. The topological polar surface area (TPSA) is 49.3 Å². The summed E-state index contributed by atoms with van der Waals surface area (Å²) in [6, 6.07) is 4.59. The summed E-state index contributed by atoms with van der Waals surface area (Å²) < 4.78 is 38.5. The van der Waals surface area contributed by atoms with Crippen molar-refractivity contribution < 1.29 is 23.1 Å². The van der Waals surface area contributed by atoms with Gasteiger partial charge >= 0.3 is 6.18 Å². The van der Waals surface area contributed by atoms with Crippen LogP contribution in [-0.2, 0) is 6.18 Å². The van der Waals surface area contributed by atoms with Gasteiger partial charge in [0.1, 0.15) is 0 Å². The van der Waals surface area contributed by atoms with Gasteiger partial charge < -0.3 is 10.4 Å². The standard InChI is InChI=1S/C15H20F3NO2/c1-4-10(2)14(3,21)9-19-13(20)11-7-5-6-8-12(11)15(16,17)18/h5-8,10,21H,4,9H2,1-3H3,(H,19,20). The van der Waals surface area contributed by atoms with E-state index in [1.807, 2.05) is 13.8 Å². The zero-order chi connectivity index (χ0) is 16.3. The summed E-state index contributed by atoms with van der Waals surface area (Å²) in [4.78, 5) is 11.9. The van der Waals surface area contributed by atoms with Gasteiger partial charge in [-0.05, 0) is 25.0 Å². The van der Waals surface area contributed by atoms with Crippen LogP contribution >= 0.6 is 0 Å². The highest BCUT2D eigenvalue weighted by atomic mass is 19.4. The van der Waals surface area contributed by atoms with Gasteiger partial charge in [-0.15, -0.1) is 0 Å². The summed E-state index contributed by atoms with van der Waals surface area (Å²) in [5.41, 5.74) is -2.59. The van der Waals surface area contributed by atoms with Gasteiger partial charge in [0, 0.05) is 6.54 Å². The molecular formula is C15H20F3NO2. The second kappa shape index (κ2) is 6.47. The van der Waals surface area contributed by atoms with Crippen LogP contribution in [0.1, 0.15) is 43.1 Å². The van der Waals surface area contributed by atoms with Gasteiger partial charge in [-0.25, -0.2) is 0 Å². The summed E-state index contributed by atoms with van der Waals surface area (Å²) >= 11 is 0. The first-order chi connectivity index (χ1) is 9.59. The van der Waals surface area contributed by atoms with Crippen molar-refractivity contribution in [3.63, 3.8) is 0 Å². The zero-order valence-electron chi connectivity index (χ0n) is 12.3. The van der Waals surface area contributed by atoms with E-state index in [1.165, 1.54) is 12.1 Å². The smallest absolute Gasteiger partial charge is 0.388 e. The third kappa shape index (κ3) is 4.46. The molecule has 0 heterocycles. The second-order valence-corrected chi connectivity index (χ2v) is 5.39. The lowest BCUT2D eigenvalue weighted by Crippen LogP contribution is -2.45. The molecule has 6 heteroatoms. The number of rotatable bonds is 5. The molecule has 0 aliphatic carbocycles. The molecule has 0 saturated carbocycles. The first-order valence-corrected chi connectivity index (χ1v) is 6.76. The predicted molar refractivity (Wildman–Crippen MR) is 73.9 cm³/mol. The number of nitrogens with one attached hydrogen (secondary N) is 1. The first-order valence-electron chi connectivity index (χ1n) is 6.76. The molecule has 0 radical (unpaired) electrons. The van der Waals surface area contributed by atoms with Crippen LogP contribution in [0.15, 0.2) is 24.3 Å². The Kier molecular flexibility index (Phi) is 5.39. The summed E-state index contributed by atoms with van der Waals surface area (Å²) in [5.74, 6) is -0.929. The van der Waals surface area contributed by atoms with Crippen molar-refractivity contribution in [2.75, 3.05) is 6.54 Å². The third-order valence-electron chi connectivity index (χ3n) is 3.76. The van der Waals surface area contributed by atoms with Crippen LogP contribution in [0.5, 0.6) is 0 Å². The van der Waals surface area contributed by atoms with E-state index in [-0.39, 0.29) is 12.5 Å². The van der Waals surface area contributed by atoms with Crippen molar-refractivity contribution in [3.8, 4) is 0 Å². The Labute approximate surface area is 122 Å². The number of benzene rings is 1. The number of carbonyl (C=O) groups is 1. The van der Waals surface area contributed by atoms with E-state index in [0.717, 1.165) is 12.1 Å². The number of halogens is 3. The fourth-order valence-electron chi connectivity index (χ4n) is 1.90. The van der Waals surface area contributed by atoms with Crippen LogP contribution in [0.2, 0.25) is 0 Å². The Morgan fingerprint density at radius 1 is 1.33 bits per heavy atom. The van der Waals surface area contributed by atoms with Gasteiger partial charge in [0.05, 0.1) is 16.7 Å². The molecule has 0 aromatic heterocycles. The van der Waals surface area contributed by atoms with E-state index < -0.39 is 28.8 Å². The van der Waals surface area contributed by atoms with Gasteiger partial charge in [0.2, 0.25) is 0 Å². The monoisotopic (exact) mass is 303 g/mol. The molecule has 0 saturated heterocycles. The van der Waals surface area contributed by atoms with E-state index >= 15 is 0 Å². The minimum absolute atomic E-state index is 0.0874. The van der Waals surface area contributed by atoms with Crippen molar-refractivity contribution in [1.82, 2.24) is 5.32 Å². The van der Waals surface area contributed by atoms with Crippen LogP contribution < -0.4 is 5.32 Å². The van der Waals surface area contributed by atoms with Crippen LogP contribution in [0.25, 0.3) is 0 Å². The second-order valence-electron chi connectivity index (χ2n) is 5.39. The van der Waals surface area contributed by atoms with Gasteiger partial charge in [0.15, 0.2) is 0 Å². The minimum atomic E-state index is -4.59. The average molecular weight is 303 g/mol. The molecule has 1 rings (SSSR count). The van der Waals surface area contributed by atoms with Crippen molar-refractivity contribution >= 4 is 5.91 Å². The molecule has 2 unspecified atom stereocenters. The molecule has 0 fully saturated rings. The fourth-order valence-corrected chi connectivity index (χ4v) is 1.90. The van der Waals surface area contributed by atoms with Gasteiger partial charge in [-0.1, -0.05) is 32.4 Å². The highest BCUT2D eigenvalue weighted by molar-refractivity contribution is 5.95. The van der Waals surface area contributed by atoms with Crippen LogP contribution in [0.4, 0.5) is 13.2 Å². The molecule has 2 atom stereocenters. The third-order valence-corrected chi connectivity index (χ3v) is 3.76. The molecule has 0 bridgehead atoms. The van der Waals surface area contributed by atoms with Gasteiger partial charge in [0.25, 0.3) is 5.91 Å². The molecule has 118 valence electrons. The lowest BCUT2D eigenvalue weighted by atomic mass is 9.88. The minimum Gasteiger partial charge on any atom is -0.388 e. The largest absolute Gasteiger partial charge is 0.417 e. The average Bonchev–Trinajstić information content (AvgIpc) is 2.43. The predicted octanol–water partition coefficient (Wildman–Crippen LogP) is 3.23. The highest BCUT2D eigenvalue weighted by Gasteiger charge is 2.35. The molecular weight excluding hydrogens is 283 g/mol. The Morgan fingerprint density at radius 2 is 1.90 bits per heavy atom. The number of alkyl halides is 3. The van der Waals surface area contributed by atoms with Gasteiger partial charge in [-0.2, -0.15) is 13.2 Å². The molecule has 0 aliphatic heterocycles. The number of aliphatic hydroxyl groups is 1. The number of amides is 1. The Bertz CT molecular complexity index is 498. The maximum atomic E-state index is 12.8. The molecule has 0 spiro atoms. The van der Waals surface area contributed by atoms with Crippen molar-refractivity contribution in [2.45, 2.75) is 39.0 Å². The fraction of sp³-hybridized carbons (Fsp3) is 0.533. The molecule has 3 nitrogen and oxygen atoms in total. The summed E-state index contributed by atoms with van der Waals surface area (Å²) in [6.45, 7) is 5.15. The molecule has 1 amide bonds. The molecule has 0 aliphatic rings. The van der Waals surface area contributed by atoms with Crippen molar-refractivity contribution in [1.29, 1.82) is 0 Å². The van der Waals surface area contributed by atoms with E-state index in [9.17, 15) is 23.1 Å². The number of hydrogen-bond donors (Lipinski definition) is 2. The molecule has 1 aromatic carbocycles. The van der Waals surface area contributed by atoms with Gasteiger partial charge in [-0.3, -0.25) is 4.79 Å². The van der Waals surface area contributed by atoms with Crippen molar-refractivity contribution in [2.24, 2.45) is 5.92 Å². The summed E-state index contributed by atoms with van der Waals surface area (Å²) in [6.07, 6.45) is -3.89.